The Bertz CT molecular complexity index is 404. The van der Waals surface area contributed by atoms with Gasteiger partial charge >= 0.3 is 0 Å². The third kappa shape index (κ3) is 5.01. The zero-order chi connectivity index (χ0) is 14.1. The molecule has 0 atom stereocenters. The van der Waals surface area contributed by atoms with E-state index < -0.39 is 6.61 Å². The van der Waals surface area contributed by atoms with E-state index in [1.807, 2.05) is 12.1 Å². The number of carbonyl (C=O) groups excluding carboxylic acids is 1. The molecule has 0 aliphatic carbocycles. The number of hydrogen-bond donors (Lipinski definition) is 2. The second-order valence-corrected chi connectivity index (χ2v) is 4.50. The minimum Gasteiger partial charge on any atom is -0.493 e. The van der Waals surface area contributed by atoms with Crippen molar-refractivity contribution < 1.29 is 14.6 Å². The van der Waals surface area contributed by atoms with Gasteiger partial charge in [-0.25, -0.2) is 0 Å². The summed E-state index contributed by atoms with van der Waals surface area (Å²) >= 11 is 0. The molecule has 0 bridgehead atoms. The van der Waals surface area contributed by atoms with E-state index in [1.54, 1.807) is 6.07 Å². The fourth-order valence-corrected chi connectivity index (χ4v) is 1.88. The zero-order valence-corrected chi connectivity index (χ0v) is 11.5. The number of hydrogen-bond acceptors (Lipinski definition) is 4. The van der Waals surface area contributed by atoms with Gasteiger partial charge < -0.3 is 15.6 Å². The molecule has 0 aliphatic heterocycles. The first kappa shape index (κ1) is 15.7. The van der Waals surface area contributed by atoms with E-state index in [0.29, 0.717) is 18.7 Å². The number of benzene rings is 1. The molecule has 0 unspecified atom stereocenters. The minimum atomic E-state index is -0.456. The molecule has 1 aromatic carbocycles. The molecule has 0 amide bonds. The quantitative estimate of drug-likeness (QED) is 0.528. The van der Waals surface area contributed by atoms with E-state index in [2.05, 4.69) is 6.92 Å². The summed E-state index contributed by atoms with van der Waals surface area (Å²) in [4.78, 5) is 11.5. The number of aliphatic hydroxyl groups is 1. The Hall–Kier alpha value is -1.39. The molecule has 0 radical (unpaired) electrons. The smallest absolute Gasteiger partial charge is 0.188 e. The summed E-state index contributed by atoms with van der Waals surface area (Å²) in [6.07, 6.45) is 3.72. The van der Waals surface area contributed by atoms with Crippen LogP contribution in [-0.4, -0.2) is 30.6 Å². The Morgan fingerprint density at radius 2 is 2.16 bits per heavy atom. The molecule has 19 heavy (non-hydrogen) atoms. The highest BCUT2D eigenvalue weighted by Crippen LogP contribution is 2.22. The van der Waals surface area contributed by atoms with Crippen LogP contribution in [0.2, 0.25) is 0 Å². The monoisotopic (exact) mass is 265 g/mol. The predicted octanol–water partition coefficient (Wildman–Crippen LogP) is 1.93. The van der Waals surface area contributed by atoms with E-state index in [-0.39, 0.29) is 5.78 Å². The number of rotatable bonds is 9. The molecule has 4 heteroatoms. The number of ether oxygens (including phenoxy) is 1. The van der Waals surface area contributed by atoms with Crippen LogP contribution in [0.1, 0.15) is 42.1 Å². The van der Waals surface area contributed by atoms with E-state index in [9.17, 15) is 4.79 Å². The van der Waals surface area contributed by atoms with Gasteiger partial charge in [0, 0.05) is 5.56 Å². The molecule has 1 aromatic rings. The molecule has 0 saturated carbocycles. The molecule has 0 aromatic heterocycles. The molecule has 4 nitrogen and oxygen atoms in total. The van der Waals surface area contributed by atoms with E-state index in [0.717, 1.165) is 37.0 Å². The summed E-state index contributed by atoms with van der Waals surface area (Å²) in [7, 11) is 0. The number of carbonyl (C=O) groups is 1. The van der Waals surface area contributed by atoms with Gasteiger partial charge in [-0.1, -0.05) is 13.3 Å². The number of nitrogens with two attached hydrogens (primary N) is 1. The number of unbranched alkanes of at least 4 members (excludes halogenated alkanes) is 1. The maximum absolute atomic E-state index is 11.5. The first-order valence-corrected chi connectivity index (χ1v) is 6.82. The zero-order valence-electron chi connectivity index (χ0n) is 11.5. The maximum Gasteiger partial charge on any atom is 0.188 e. The fourth-order valence-electron chi connectivity index (χ4n) is 1.88. The number of aryl methyl sites for hydroxylation is 1. The highest BCUT2D eigenvalue weighted by atomic mass is 16.5. The third-order valence-corrected chi connectivity index (χ3v) is 2.90. The second-order valence-electron chi connectivity index (χ2n) is 4.50. The lowest BCUT2D eigenvalue weighted by Gasteiger charge is -2.12. The van der Waals surface area contributed by atoms with Crippen LogP contribution in [0.5, 0.6) is 5.75 Å². The van der Waals surface area contributed by atoms with Gasteiger partial charge in [0.15, 0.2) is 5.78 Å². The summed E-state index contributed by atoms with van der Waals surface area (Å²) in [5.74, 6) is 0.570. The molecule has 0 spiro atoms. The van der Waals surface area contributed by atoms with Gasteiger partial charge in [0.05, 0.1) is 6.61 Å². The first-order chi connectivity index (χ1) is 9.22. The molecule has 0 fully saturated rings. The molecule has 0 heterocycles. The Morgan fingerprint density at radius 1 is 1.37 bits per heavy atom. The Balaban J connectivity index is 2.76. The minimum absolute atomic E-state index is 0.257. The third-order valence-electron chi connectivity index (χ3n) is 2.90. The van der Waals surface area contributed by atoms with Crippen molar-refractivity contribution in [3.05, 3.63) is 29.3 Å². The van der Waals surface area contributed by atoms with Crippen LogP contribution in [0.15, 0.2) is 18.2 Å². The number of ketones is 1. The Kier molecular flexibility index (Phi) is 7.15. The van der Waals surface area contributed by atoms with Crippen molar-refractivity contribution in [3.63, 3.8) is 0 Å². The van der Waals surface area contributed by atoms with Crippen LogP contribution in [0, 0.1) is 0 Å². The summed E-state index contributed by atoms with van der Waals surface area (Å²) in [5.41, 5.74) is 7.00. The van der Waals surface area contributed by atoms with Crippen molar-refractivity contribution in [2.24, 2.45) is 5.73 Å². The predicted molar refractivity (Wildman–Crippen MR) is 75.6 cm³/mol. The molecular weight excluding hydrogens is 242 g/mol. The van der Waals surface area contributed by atoms with Crippen molar-refractivity contribution in [1.29, 1.82) is 0 Å². The SMILES string of the molecule is CCCc1cc(C(=O)CO)ccc1OCCCCN. The summed E-state index contributed by atoms with van der Waals surface area (Å²) in [6, 6.07) is 5.34. The number of aliphatic hydroxyl groups excluding tert-OH is 1. The van der Waals surface area contributed by atoms with Gasteiger partial charge in [-0.3, -0.25) is 4.79 Å². The molecular formula is C15H23NO3. The maximum atomic E-state index is 11.5. The molecule has 1 rings (SSSR count). The molecule has 3 N–H and O–H groups in total. The fraction of sp³-hybridized carbons (Fsp3) is 0.533. The summed E-state index contributed by atoms with van der Waals surface area (Å²) < 4.78 is 5.73. The topological polar surface area (TPSA) is 72.5 Å². The highest BCUT2D eigenvalue weighted by molar-refractivity contribution is 5.97. The van der Waals surface area contributed by atoms with Crippen molar-refractivity contribution >= 4 is 5.78 Å². The van der Waals surface area contributed by atoms with Gasteiger partial charge in [0.2, 0.25) is 0 Å². The largest absolute Gasteiger partial charge is 0.493 e. The lowest BCUT2D eigenvalue weighted by atomic mass is 10.0. The van der Waals surface area contributed by atoms with Crippen LogP contribution >= 0.6 is 0 Å². The molecule has 106 valence electrons. The van der Waals surface area contributed by atoms with Crippen LogP contribution < -0.4 is 10.5 Å². The Morgan fingerprint density at radius 3 is 2.79 bits per heavy atom. The van der Waals surface area contributed by atoms with Gasteiger partial charge in [-0.05, 0) is 49.6 Å². The normalized spacial score (nSPS) is 10.5. The van der Waals surface area contributed by atoms with Crippen molar-refractivity contribution in [2.45, 2.75) is 32.6 Å². The first-order valence-electron chi connectivity index (χ1n) is 6.82. The van der Waals surface area contributed by atoms with Crippen LogP contribution in [-0.2, 0) is 6.42 Å². The average molecular weight is 265 g/mol. The van der Waals surface area contributed by atoms with Gasteiger partial charge in [-0.15, -0.1) is 0 Å². The summed E-state index contributed by atoms with van der Waals surface area (Å²) in [5, 5.41) is 8.89. The van der Waals surface area contributed by atoms with Crippen LogP contribution in [0.4, 0.5) is 0 Å². The lowest BCUT2D eigenvalue weighted by Crippen LogP contribution is -2.07. The number of Topliss-reactive ketones (excluding diaryl/α,β-unsaturated/α-hetero) is 1. The van der Waals surface area contributed by atoms with Crippen LogP contribution in [0.3, 0.4) is 0 Å². The van der Waals surface area contributed by atoms with E-state index in [4.69, 9.17) is 15.6 Å². The van der Waals surface area contributed by atoms with Crippen molar-refractivity contribution in [1.82, 2.24) is 0 Å². The van der Waals surface area contributed by atoms with E-state index in [1.165, 1.54) is 0 Å². The van der Waals surface area contributed by atoms with Crippen LogP contribution in [0.25, 0.3) is 0 Å². The second kappa shape index (κ2) is 8.67. The van der Waals surface area contributed by atoms with Gasteiger partial charge in [-0.2, -0.15) is 0 Å². The van der Waals surface area contributed by atoms with Gasteiger partial charge in [0.1, 0.15) is 12.4 Å². The molecule has 0 aliphatic rings. The lowest BCUT2D eigenvalue weighted by molar-refractivity contribution is 0.0903. The van der Waals surface area contributed by atoms with Crippen molar-refractivity contribution in [2.75, 3.05) is 19.8 Å². The highest BCUT2D eigenvalue weighted by Gasteiger charge is 2.09. The van der Waals surface area contributed by atoms with E-state index >= 15 is 0 Å². The van der Waals surface area contributed by atoms with Gasteiger partial charge in [0.25, 0.3) is 0 Å². The summed E-state index contributed by atoms with van der Waals surface area (Å²) in [6.45, 7) is 2.94. The van der Waals surface area contributed by atoms with Crippen molar-refractivity contribution in [3.8, 4) is 5.75 Å². The molecule has 0 saturated heterocycles. The Labute approximate surface area is 114 Å². The standard InChI is InChI=1S/C15H23NO3/c1-2-5-13-10-12(14(18)11-17)6-7-15(13)19-9-4-3-8-16/h6-7,10,17H,2-5,8-9,11,16H2,1H3. The average Bonchev–Trinajstić information content (AvgIpc) is 2.44.